The van der Waals surface area contributed by atoms with Crippen LogP contribution in [0.25, 0.3) is 0 Å². The van der Waals surface area contributed by atoms with Gasteiger partial charge in [-0.15, -0.1) is 0 Å². The predicted molar refractivity (Wildman–Crippen MR) is 89.0 cm³/mol. The minimum absolute atomic E-state index is 0.135. The van der Waals surface area contributed by atoms with Gasteiger partial charge in [0.25, 0.3) is 5.91 Å². The molecule has 120 valence electrons. The standard InChI is InChI=1S/C18H14ClN3O2/c1-18(14-4-2-3-5-15(14)19)16(23)22(17(24)21-18)11-13-8-6-12(10-20)7-9-13/h2-9H,11H2,1H3,(H,21,24). The number of amides is 3. The molecule has 1 aliphatic rings. The van der Waals surface area contributed by atoms with Gasteiger partial charge in [-0.3, -0.25) is 9.69 Å². The van der Waals surface area contributed by atoms with E-state index in [1.54, 1.807) is 55.5 Å². The molecule has 0 bridgehead atoms. The molecule has 24 heavy (non-hydrogen) atoms. The van der Waals surface area contributed by atoms with Crippen molar-refractivity contribution in [3.8, 4) is 6.07 Å². The molecule has 0 aliphatic carbocycles. The van der Waals surface area contributed by atoms with Gasteiger partial charge in [0.2, 0.25) is 0 Å². The van der Waals surface area contributed by atoms with Crippen molar-refractivity contribution >= 4 is 23.5 Å². The van der Waals surface area contributed by atoms with Gasteiger partial charge in [-0.25, -0.2) is 4.79 Å². The number of hydrogen-bond acceptors (Lipinski definition) is 3. The number of imide groups is 1. The van der Waals surface area contributed by atoms with E-state index in [0.29, 0.717) is 16.1 Å². The van der Waals surface area contributed by atoms with E-state index in [4.69, 9.17) is 16.9 Å². The number of hydrogen-bond donors (Lipinski definition) is 1. The summed E-state index contributed by atoms with van der Waals surface area (Å²) < 4.78 is 0. The summed E-state index contributed by atoms with van der Waals surface area (Å²) in [5.41, 5.74) is 0.660. The lowest BCUT2D eigenvalue weighted by Gasteiger charge is -2.23. The van der Waals surface area contributed by atoms with Crippen molar-refractivity contribution in [1.82, 2.24) is 10.2 Å². The minimum atomic E-state index is -1.19. The summed E-state index contributed by atoms with van der Waals surface area (Å²) in [5, 5.41) is 12.0. The van der Waals surface area contributed by atoms with Crippen LogP contribution in [0.2, 0.25) is 5.02 Å². The number of nitrogens with zero attached hydrogens (tertiary/aromatic N) is 2. The average Bonchev–Trinajstić information content (AvgIpc) is 2.80. The van der Waals surface area contributed by atoms with E-state index in [1.165, 1.54) is 0 Å². The monoisotopic (exact) mass is 339 g/mol. The number of nitriles is 1. The smallest absolute Gasteiger partial charge is 0.319 e. The Kier molecular flexibility index (Phi) is 4.00. The third kappa shape index (κ3) is 2.61. The molecule has 1 atom stereocenters. The highest BCUT2D eigenvalue weighted by Gasteiger charge is 2.49. The molecule has 2 aromatic carbocycles. The number of nitrogens with one attached hydrogen (secondary N) is 1. The third-order valence-electron chi connectivity index (χ3n) is 4.11. The fourth-order valence-electron chi connectivity index (χ4n) is 2.76. The summed E-state index contributed by atoms with van der Waals surface area (Å²) in [7, 11) is 0. The molecule has 6 heteroatoms. The van der Waals surface area contributed by atoms with Crippen LogP contribution >= 0.6 is 11.6 Å². The van der Waals surface area contributed by atoms with Crippen LogP contribution in [-0.4, -0.2) is 16.8 Å². The average molecular weight is 340 g/mol. The summed E-state index contributed by atoms with van der Waals surface area (Å²) in [4.78, 5) is 26.3. The number of halogens is 1. The maximum absolute atomic E-state index is 12.8. The normalized spacial score (nSPS) is 20.0. The number of carbonyl (C=O) groups excluding carboxylic acids is 2. The Labute approximate surface area is 144 Å². The van der Waals surface area contributed by atoms with Crippen LogP contribution in [0.4, 0.5) is 4.79 Å². The summed E-state index contributed by atoms with van der Waals surface area (Å²) in [6.07, 6.45) is 0. The van der Waals surface area contributed by atoms with Crippen molar-refractivity contribution in [2.24, 2.45) is 0 Å². The van der Waals surface area contributed by atoms with Crippen molar-refractivity contribution < 1.29 is 9.59 Å². The SMILES string of the molecule is CC1(c2ccccc2Cl)NC(=O)N(Cc2ccc(C#N)cc2)C1=O. The lowest BCUT2D eigenvalue weighted by molar-refractivity contribution is -0.131. The summed E-state index contributed by atoms with van der Waals surface area (Å²) in [6, 6.07) is 15.3. The molecule has 2 aromatic rings. The Morgan fingerprint density at radius 3 is 2.46 bits per heavy atom. The maximum atomic E-state index is 12.8. The fraction of sp³-hybridized carbons (Fsp3) is 0.167. The number of carbonyl (C=O) groups is 2. The molecule has 3 amide bonds. The van der Waals surface area contributed by atoms with Gasteiger partial charge in [-0.2, -0.15) is 5.26 Å². The van der Waals surface area contributed by atoms with Gasteiger partial charge < -0.3 is 5.32 Å². The van der Waals surface area contributed by atoms with Crippen molar-refractivity contribution in [2.45, 2.75) is 19.0 Å². The highest BCUT2D eigenvalue weighted by molar-refractivity contribution is 6.32. The van der Waals surface area contributed by atoms with Crippen LogP contribution in [0.5, 0.6) is 0 Å². The van der Waals surface area contributed by atoms with E-state index in [0.717, 1.165) is 10.5 Å². The molecular formula is C18H14ClN3O2. The van der Waals surface area contributed by atoms with Gasteiger partial charge in [0.15, 0.2) is 0 Å². The van der Waals surface area contributed by atoms with Crippen LogP contribution in [0.3, 0.4) is 0 Å². The molecule has 1 saturated heterocycles. The van der Waals surface area contributed by atoms with Gasteiger partial charge >= 0.3 is 6.03 Å². The lowest BCUT2D eigenvalue weighted by atomic mass is 9.92. The van der Waals surface area contributed by atoms with Crippen LogP contribution < -0.4 is 5.32 Å². The summed E-state index contributed by atoms with van der Waals surface area (Å²) in [6.45, 7) is 1.78. The van der Waals surface area contributed by atoms with Crippen molar-refractivity contribution in [1.29, 1.82) is 5.26 Å². The molecular weight excluding hydrogens is 326 g/mol. The zero-order valence-corrected chi connectivity index (χ0v) is 13.7. The number of benzene rings is 2. The van der Waals surface area contributed by atoms with Crippen LogP contribution in [0.1, 0.15) is 23.6 Å². The van der Waals surface area contributed by atoms with Gasteiger partial charge in [0, 0.05) is 10.6 Å². The zero-order valence-electron chi connectivity index (χ0n) is 12.9. The topological polar surface area (TPSA) is 73.2 Å². The van der Waals surface area contributed by atoms with Crippen LogP contribution in [-0.2, 0) is 16.9 Å². The molecule has 1 N–H and O–H groups in total. The van der Waals surface area contributed by atoms with E-state index >= 15 is 0 Å². The Balaban J connectivity index is 1.89. The molecule has 0 aromatic heterocycles. The Morgan fingerprint density at radius 2 is 1.83 bits per heavy atom. The molecule has 0 radical (unpaired) electrons. The van der Waals surface area contributed by atoms with Gasteiger partial charge in [-0.1, -0.05) is 41.9 Å². The number of rotatable bonds is 3. The van der Waals surface area contributed by atoms with Crippen LogP contribution in [0.15, 0.2) is 48.5 Å². The van der Waals surface area contributed by atoms with Gasteiger partial charge in [0.05, 0.1) is 18.2 Å². The first-order valence-corrected chi connectivity index (χ1v) is 7.71. The third-order valence-corrected chi connectivity index (χ3v) is 4.44. The molecule has 0 spiro atoms. The Hall–Kier alpha value is -2.84. The molecule has 1 heterocycles. The minimum Gasteiger partial charge on any atom is -0.319 e. The van der Waals surface area contributed by atoms with Crippen LogP contribution in [0, 0.1) is 11.3 Å². The van der Waals surface area contributed by atoms with E-state index in [2.05, 4.69) is 5.32 Å². The first-order chi connectivity index (χ1) is 11.5. The van der Waals surface area contributed by atoms with Crippen molar-refractivity contribution in [3.63, 3.8) is 0 Å². The fourth-order valence-corrected chi connectivity index (χ4v) is 3.08. The molecule has 1 unspecified atom stereocenters. The first kappa shape index (κ1) is 16.0. The Bertz CT molecular complexity index is 857. The second-order valence-electron chi connectivity index (χ2n) is 5.74. The predicted octanol–water partition coefficient (Wildman–Crippen LogP) is 3.18. The highest BCUT2D eigenvalue weighted by Crippen LogP contribution is 2.33. The van der Waals surface area contributed by atoms with Crippen molar-refractivity contribution in [2.75, 3.05) is 0 Å². The second-order valence-corrected chi connectivity index (χ2v) is 6.14. The van der Waals surface area contributed by atoms with Gasteiger partial charge in [0.1, 0.15) is 5.54 Å². The van der Waals surface area contributed by atoms with E-state index in [9.17, 15) is 9.59 Å². The molecule has 0 saturated carbocycles. The van der Waals surface area contributed by atoms with E-state index < -0.39 is 11.6 Å². The van der Waals surface area contributed by atoms with Gasteiger partial charge in [-0.05, 0) is 30.7 Å². The largest absolute Gasteiger partial charge is 0.325 e. The van der Waals surface area contributed by atoms with E-state index in [1.807, 2.05) is 6.07 Å². The summed E-state index contributed by atoms with van der Waals surface area (Å²) in [5.74, 6) is -0.357. The second kappa shape index (κ2) is 5.99. The summed E-state index contributed by atoms with van der Waals surface area (Å²) >= 11 is 6.20. The lowest BCUT2D eigenvalue weighted by Crippen LogP contribution is -2.41. The molecule has 1 aliphatic heterocycles. The maximum Gasteiger partial charge on any atom is 0.325 e. The highest BCUT2D eigenvalue weighted by atomic mass is 35.5. The molecule has 1 fully saturated rings. The Morgan fingerprint density at radius 1 is 1.17 bits per heavy atom. The quantitative estimate of drug-likeness (QED) is 0.873. The molecule has 5 nitrogen and oxygen atoms in total. The van der Waals surface area contributed by atoms with E-state index in [-0.39, 0.29) is 12.5 Å². The number of urea groups is 1. The van der Waals surface area contributed by atoms with Crippen molar-refractivity contribution in [3.05, 3.63) is 70.2 Å². The zero-order chi connectivity index (χ0) is 17.3. The molecule has 3 rings (SSSR count). The first-order valence-electron chi connectivity index (χ1n) is 7.34.